The Morgan fingerprint density at radius 2 is 1.75 bits per heavy atom. The second-order valence-corrected chi connectivity index (χ2v) is 4.69. The van der Waals surface area contributed by atoms with Gasteiger partial charge in [-0.3, -0.25) is 9.58 Å². The lowest BCUT2D eigenvalue weighted by Gasteiger charge is -2.17. The van der Waals surface area contributed by atoms with Crippen molar-refractivity contribution in [2.75, 3.05) is 21.3 Å². The molecule has 0 unspecified atom stereocenters. The minimum absolute atomic E-state index is 0.732. The van der Waals surface area contributed by atoms with E-state index in [1.54, 1.807) is 25.2 Å². The van der Waals surface area contributed by atoms with E-state index >= 15 is 0 Å². The lowest BCUT2D eigenvalue weighted by atomic mass is 10.2. The van der Waals surface area contributed by atoms with Gasteiger partial charge in [-0.1, -0.05) is 0 Å². The van der Waals surface area contributed by atoms with Gasteiger partial charge in [-0.15, -0.1) is 0 Å². The van der Waals surface area contributed by atoms with Crippen LogP contribution in [0.2, 0.25) is 0 Å². The van der Waals surface area contributed by atoms with Crippen molar-refractivity contribution in [1.29, 1.82) is 0 Å². The summed E-state index contributed by atoms with van der Waals surface area (Å²) >= 11 is 0. The fraction of sp³-hybridized carbons (Fsp3) is 0.429. The van der Waals surface area contributed by atoms with E-state index in [4.69, 9.17) is 9.47 Å². The summed E-state index contributed by atoms with van der Waals surface area (Å²) in [4.78, 5) is 6.39. The van der Waals surface area contributed by atoms with E-state index in [1.807, 2.05) is 32.3 Å². The van der Waals surface area contributed by atoms with E-state index in [2.05, 4.69) is 15.0 Å². The molecule has 1 aromatic carbocycles. The number of methoxy groups -OCH3 is 2. The topological polar surface area (TPSA) is 52.4 Å². The Balaban J connectivity index is 2.07. The molecule has 0 amide bonds. The number of ether oxygens (including phenoxy) is 2. The minimum Gasteiger partial charge on any atom is -0.497 e. The quantitative estimate of drug-likeness (QED) is 0.799. The molecule has 0 bridgehead atoms. The molecule has 0 radical (unpaired) electrons. The molecular formula is C14H20N4O2. The summed E-state index contributed by atoms with van der Waals surface area (Å²) in [6.07, 6.45) is 1.57. The summed E-state index contributed by atoms with van der Waals surface area (Å²) in [7, 11) is 7.25. The number of aryl methyl sites for hydroxylation is 1. The van der Waals surface area contributed by atoms with Crippen LogP contribution in [0, 0.1) is 0 Å². The van der Waals surface area contributed by atoms with E-state index in [9.17, 15) is 0 Å². The van der Waals surface area contributed by atoms with Gasteiger partial charge < -0.3 is 9.47 Å². The molecule has 0 fully saturated rings. The SMILES string of the molecule is COc1cc(CN(C)Cc2ncnn2C)cc(OC)c1. The first-order chi connectivity index (χ1) is 9.62. The van der Waals surface area contributed by atoms with Gasteiger partial charge in [-0.2, -0.15) is 5.10 Å². The van der Waals surface area contributed by atoms with Gasteiger partial charge in [0.25, 0.3) is 0 Å². The molecule has 0 aliphatic heterocycles. The predicted molar refractivity (Wildman–Crippen MR) is 75.7 cm³/mol. The zero-order valence-corrected chi connectivity index (χ0v) is 12.3. The van der Waals surface area contributed by atoms with E-state index in [1.165, 1.54) is 0 Å². The molecule has 2 aromatic rings. The van der Waals surface area contributed by atoms with Crippen LogP contribution in [0.5, 0.6) is 11.5 Å². The smallest absolute Gasteiger partial charge is 0.140 e. The van der Waals surface area contributed by atoms with Crippen LogP contribution in [0.4, 0.5) is 0 Å². The fourth-order valence-electron chi connectivity index (χ4n) is 2.03. The van der Waals surface area contributed by atoms with Crippen LogP contribution >= 0.6 is 0 Å². The average molecular weight is 276 g/mol. The van der Waals surface area contributed by atoms with Gasteiger partial charge in [0.2, 0.25) is 0 Å². The highest BCUT2D eigenvalue weighted by molar-refractivity contribution is 5.38. The predicted octanol–water partition coefficient (Wildman–Crippen LogP) is 1.46. The van der Waals surface area contributed by atoms with Crippen molar-refractivity contribution < 1.29 is 9.47 Å². The lowest BCUT2D eigenvalue weighted by molar-refractivity contribution is 0.303. The fourth-order valence-corrected chi connectivity index (χ4v) is 2.03. The van der Waals surface area contributed by atoms with E-state index in [0.29, 0.717) is 0 Å². The van der Waals surface area contributed by atoms with Crippen molar-refractivity contribution in [3.05, 3.63) is 35.9 Å². The van der Waals surface area contributed by atoms with Crippen molar-refractivity contribution in [3.8, 4) is 11.5 Å². The van der Waals surface area contributed by atoms with Crippen LogP contribution in [-0.4, -0.2) is 40.9 Å². The molecule has 20 heavy (non-hydrogen) atoms. The summed E-state index contributed by atoms with van der Waals surface area (Å²) < 4.78 is 12.3. The van der Waals surface area contributed by atoms with Gasteiger partial charge in [-0.25, -0.2) is 4.98 Å². The zero-order chi connectivity index (χ0) is 14.5. The Labute approximate surface area is 118 Å². The third kappa shape index (κ3) is 3.48. The third-order valence-corrected chi connectivity index (χ3v) is 3.08. The largest absolute Gasteiger partial charge is 0.497 e. The van der Waals surface area contributed by atoms with Gasteiger partial charge in [0.05, 0.1) is 20.8 Å². The number of hydrogen-bond donors (Lipinski definition) is 0. The summed E-state index contributed by atoms with van der Waals surface area (Å²) in [5, 5.41) is 4.07. The maximum atomic E-state index is 5.28. The molecule has 0 aliphatic carbocycles. The van der Waals surface area contributed by atoms with Crippen molar-refractivity contribution >= 4 is 0 Å². The molecule has 0 atom stereocenters. The molecule has 1 aromatic heterocycles. The number of benzene rings is 1. The van der Waals surface area contributed by atoms with Gasteiger partial charge >= 0.3 is 0 Å². The van der Waals surface area contributed by atoms with Crippen molar-refractivity contribution in [2.45, 2.75) is 13.1 Å². The van der Waals surface area contributed by atoms with Crippen molar-refractivity contribution in [2.24, 2.45) is 7.05 Å². The average Bonchev–Trinajstić information content (AvgIpc) is 2.83. The van der Waals surface area contributed by atoms with Gasteiger partial charge in [0, 0.05) is 19.7 Å². The highest BCUT2D eigenvalue weighted by Crippen LogP contribution is 2.23. The van der Waals surface area contributed by atoms with Gasteiger partial charge in [0.1, 0.15) is 23.7 Å². The maximum absolute atomic E-state index is 5.28. The Morgan fingerprint density at radius 1 is 1.10 bits per heavy atom. The monoisotopic (exact) mass is 276 g/mol. The van der Waals surface area contributed by atoms with Crippen LogP contribution < -0.4 is 9.47 Å². The lowest BCUT2D eigenvalue weighted by Crippen LogP contribution is -2.19. The molecule has 0 saturated heterocycles. The summed E-state index contributed by atoms with van der Waals surface area (Å²) in [6, 6.07) is 5.89. The molecule has 0 aliphatic rings. The highest BCUT2D eigenvalue weighted by Gasteiger charge is 2.08. The second kappa shape index (κ2) is 6.38. The van der Waals surface area contributed by atoms with Crippen LogP contribution in [-0.2, 0) is 20.1 Å². The molecule has 0 N–H and O–H groups in total. The van der Waals surface area contributed by atoms with E-state index < -0.39 is 0 Å². The van der Waals surface area contributed by atoms with Crippen LogP contribution in [0.3, 0.4) is 0 Å². The molecule has 6 nitrogen and oxygen atoms in total. The molecule has 108 valence electrons. The van der Waals surface area contributed by atoms with Crippen molar-refractivity contribution in [3.63, 3.8) is 0 Å². The number of hydrogen-bond acceptors (Lipinski definition) is 5. The number of aromatic nitrogens is 3. The molecule has 6 heteroatoms. The molecule has 1 heterocycles. The summed E-state index contributed by atoms with van der Waals surface area (Å²) in [5.41, 5.74) is 1.13. The van der Waals surface area contributed by atoms with E-state index in [0.717, 1.165) is 36.0 Å². The highest BCUT2D eigenvalue weighted by atomic mass is 16.5. The van der Waals surface area contributed by atoms with Crippen LogP contribution in [0.15, 0.2) is 24.5 Å². The van der Waals surface area contributed by atoms with Crippen molar-refractivity contribution in [1.82, 2.24) is 19.7 Å². The third-order valence-electron chi connectivity index (χ3n) is 3.08. The molecule has 2 rings (SSSR count). The summed E-state index contributed by atoms with van der Waals surface area (Å²) in [5.74, 6) is 2.53. The minimum atomic E-state index is 0.732. The standard InChI is InChI=1S/C14H20N4O2/c1-17(9-14-15-10-16-18(14)2)8-11-5-12(19-3)7-13(6-11)20-4/h5-7,10H,8-9H2,1-4H3. The van der Waals surface area contributed by atoms with Gasteiger partial charge in [-0.05, 0) is 24.7 Å². The second-order valence-electron chi connectivity index (χ2n) is 4.69. The maximum Gasteiger partial charge on any atom is 0.140 e. The molecule has 0 saturated carbocycles. The molecular weight excluding hydrogens is 256 g/mol. The summed E-state index contributed by atoms with van der Waals surface area (Å²) in [6.45, 7) is 1.51. The normalized spacial score (nSPS) is 10.8. The first-order valence-corrected chi connectivity index (χ1v) is 6.35. The first kappa shape index (κ1) is 14.3. The first-order valence-electron chi connectivity index (χ1n) is 6.35. The number of nitrogens with zero attached hydrogens (tertiary/aromatic N) is 4. The Bertz CT molecular complexity index is 546. The van der Waals surface area contributed by atoms with Crippen LogP contribution in [0.1, 0.15) is 11.4 Å². The Morgan fingerprint density at radius 3 is 2.25 bits per heavy atom. The Kier molecular flexibility index (Phi) is 4.57. The van der Waals surface area contributed by atoms with Crippen LogP contribution in [0.25, 0.3) is 0 Å². The van der Waals surface area contributed by atoms with Gasteiger partial charge in [0.15, 0.2) is 0 Å². The number of rotatable bonds is 6. The van der Waals surface area contributed by atoms with E-state index in [-0.39, 0.29) is 0 Å². The molecule has 0 spiro atoms. The Hall–Kier alpha value is -2.08. The zero-order valence-electron chi connectivity index (χ0n) is 12.3.